The van der Waals surface area contributed by atoms with Crippen LogP contribution in [0.2, 0.25) is 0 Å². The van der Waals surface area contributed by atoms with E-state index in [2.05, 4.69) is 27.8 Å². The van der Waals surface area contributed by atoms with E-state index in [1.165, 1.54) is 29.7 Å². The molecule has 0 aromatic heterocycles. The lowest BCUT2D eigenvalue weighted by Gasteiger charge is -2.24. The zero-order chi connectivity index (χ0) is 17.5. The van der Waals surface area contributed by atoms with E-state index in [0.717, 1.165) is 37.8 Å². The van der Waals surface area contributed by atoms with E-state index >= 15 is 0 Å². The van der Waals surface area contributed by atoms with Crippen molar-refractivity contribution in [3.63, 3.8) is 0 Å². The van der Waals surface area contributed by atoms with Crippen LogP contribution in [0.4, 0.5) is 0 Å². The molecule has 0 radical (unpaired) electrons. The average molecular weight is 361 g/mol. The zero-order valence-corrected chi connectivity index (χ0v) is 15.8. The van der Waals surface area contributed by atoms with Crippen molar-refractivity contribution in [1.29, 1.82) is 0 Å². The molecular weight excluding hydrogens is 332 g/mol. The van der Waals surface area contributed by atoms with Crippen LogP contribution in [0.5, 0.6) is 0 Å². The van der Waals surface area contributed by atoms with Gasteiger partial charge in [0.15, 0.2) is 5.96 Å². The first-order chi connectivity index (χ1) is 12.3. The predicted molar refractivity (Wildman–Crippen MR) is 105 cm³/mol. The molecule has 1 atom stereocenters. The molecule has 2 N–H and O–H groups in total. The molecule has 0 bridgehead atoms. The average Bonchev–Trinajstić information content (AvgIpc) is 3.09. The van der Waals surface area contributed by atoms with Gasteiger partial charge in [0.05, 0.1) is 0 Å². The van der Waals surface area contributed by atoms with E-state index in [0.29, 0.717) is 12.5 Å². The molecule has 2 heterocycles. The Bertz CT molecular complexity index is 588. The molecule has 2 aliphatic rings. The number of benzene rings is 1. The van der Waals surface area contributed by atoms with Crippen LogP contribution >= 0.6 is 11.8 Å². The Balaban J connectivity index is 1.34. The number of hydrogen-bond donors (Lipinski definition) is 2. The lowest BCUT2D eigenvalue weighted by molar-refractivity contribution is -0.131. The maximum Gasteiger partial charge on any atom is 0.223 e. The first-order valence-electron chi connectivity index (χ1n) is 9.16. The van der Waals surface area contributed by atoms with Gasteiger partial charge in [0, 0.05) is 44.9 Å². The van der Waals surface area contributed by atoms with Crippen molar-refractivity contribution >= 4 is 23.6 Å². The van der Waals surface area contributed by atoms with Gasteiger partial charge in [-0.05, 0) is 36.1 Å². The molecule has 1 fully saturated rings. The fraction of sp³-hybridized carbons (Fsp3) is 0.579. The second kappa shape index (κ2) is 9.13. The SMILES string of the molecule is CN=C(NCCCC(=O)N1Cc2ccccc2C1)NC1CCCSC1. The first kappa shape index (κ1) is 18.1. The van der Waals surface area contributed by atoms with E-state index in [1.807, 2.05) is 28.8 Å². The van der Waals surface area contributed by atoms with Gasteiger partial charge in [-0.25, -0.2) is 0 Å². The van der Waals surface area contributed by atoms with Crippen molar-refractivity contribution in [3.8, 4) is 0 Å². The molecule has 136 valence electrons. The largest absolute Gasteiger partial charge is 0.356 e. The quantitative estimate of drug-likeness (QED) is 0.481. The lowest BCUT2D eigenvalue weighted by Crippen LogP contribution is -2.45. The van der Waals surface area contributed by atoms with Crippen LogP contribution in [-0.2, 0) is 17.9 Å². The van der Waals surface area contributed by atoms with Crippen molar-refractivity contribution in [3.05, 3.63) is 35.4 Å². The number of nitrogens with zero attached hydrogens (tertiary/aromatic N) is 2. The molecular formula is C19H28N4OS. The predicted octanol–water partition coefficient (Wildman–Crippen LogP) is 2.37. The summed E-state index contributed by atoms with van der Waals surface area (Å²) in [6.07, 6.45) is 3.89. The number of hydrogen-bond acceptors (Lipinski definition) is 3. The van der Waals surface area contributed by atoms with Crippen LogP contribution in [0, 0.1) is 0 Å². The Morgan fingerprint density at radius 1 is 1.32 bits per heavy atom. The van der Waals surface area contributed by atoms with Gasteiger partial charge in [0.2, 0.25) is 5.91 Å². The number of carbonyl (C=O) groups excluding carboxylic acids is 1. The summed E-state index contributed by atoms with van der Waals surface area (Å²) in [5.41, 5.74) is 2.56. The summed E-state index contributed by atoms with van der Waals surface area (Å²) in [4.78, 5) is 18.6. The molecule has 5 nitrogen and oxygen atoms in total. The first-order valence-corrected chi connectivity index (χ1v) is 10.3. The smallest absolute Gasteiger partial charge is 0.223 e. The molecule has 3 rings (SSSR count). The van der Waals surface area contributed by atoms with Crippen molar-refractivity contribution in [2.45, 2.75) is 44.8 Å². The standard InChI is InChI=1S/C19H28N4OS/c1-20-19(22-17-8-5-11-25-14-17)21-10-4-9-18(24)23-12-15-6-2-3-7-16(15)13-23/h2-3,6-7,17H,4-5,8-14H2,1H3,(H2,20,21,22). The van der Waals surface area contributed by atoms with Gasteiger partial charge in [-0.15, -0.1) is 0 Å². The zero-order valence-electron chi connectivity index (χ0n) is 15.0. The Labute approximate surface area is 154 Å². The molecule has 1 amide bonds. The molecule has 0 saturated carbocycles. The summed E-state index contributed by atoms with van der Waals surface area (Å²) < 4.78 is 0. The van der Waals surface area contributed by atoms with Gasteiger partial charge in [-0.1, -0.05) is 24.3 Å². The third kappa shape index (κ3) is 5.14. The highest BCUT2D eigenvalue weighted by atomic mass is 32.2. The minimum absolute atomic E-state index is 0.240. The normalized spacial score (nSPS) is 20.3. The van der Waals surface area contributed by atoms with Gasteiger partial charge >= 0.3 is 0 Å². The number of rotatable bonds is 5. The van der Waals surface area contributed by atoms with Crippen LogP contribution in [0.3, 0.4) is 0 Å². The van der Waals surface area contributed by atoms with Crippen LogP contribution in [-0.4, -0.2) is 47.9 Å². The van der Waals surface area contributed by atoms with Crippen molar-refractivity contribution in [2.24, 2.45) is 4.99 Å². The van der Waals surface area contributed by atoms with E-state index in [-0.39, 0.29) is 5.91 Å². The molecule has 1 aromatic rings. The monoisotopic (exact) mass is 360 g/mol. The maximum absolute atomic E-state index is 12.4. The number of amides is 1. The van der Waals surface area contributed by atoms with Crippen LogP contribution in [0.1, 0.15) is 36.8 Å². The topological polar surface area (TPSA) is 56.7 Å². The summed E-state index contributed by atoms with van der Waals surface area (Å²) in [5.74, 6) is 3.51. The maximum atomic E-state index is 12.4. The van der Waals surface area contributed by atoms with E-state index < -0.39 is 0 Å². The molecule has 1 aromatic carbocycles. The Hall–Kier alpha value is -1.69. The molecule has 2 aliphatic heterocycles. The summed E-state index contributed by atoms with van der Waals surface area (Å²) in [7, 11) is 1.80. The number of fused-ring (bicyclic) bond motifs is 1. The van der Waals surface area contributed by atoms with Gasteiger partial charge in [0.1, 0.15) is 0 Å². The third-order valence-electron chi connectivity index (χ3n) is 4.78. The van der Waals surface area contributed by atoms with Crippen molar-refractivity contribution in [1.82, 2.24) is 15.5 Å². The summed E-state index contributed by atoms with van der Waals surface area (Å²) in [6.45, 7) is 2.28. The second-order valence-electron chi connectivity index (χ2n) is 6.68. The van der Waals surface area contributed by atoms with Gasteiger partial charge < -0.3 is 15.5 Å². The number of guanidine groups is 1. The molecule has 1 unspecified atom stereocenters. The third-order valence-corrected chi connectivity index (χ3v) is 5.99. The van der Waals surface area contributed by atoms with Gasteiger partial charge in [-0.2, -0.15) is 11.8 Å². The molecule has 1 saturated heterocycles. The summed E-state index contributed by atoms with van der Waals surface area (Å²) in [5, 5.41) is 6.82. The molecule has 0 aliphatic carbocycles. The Kier molecular flexibility index (Phi) is 6.62. The highest BCUT2D eigenvalue weighted by Crippen LogP contribution is 2.22. The fourth-order valence-corrected chi connectivity index (χ4v) is 4.43. The number of thioether (sulfide) groups is 1. The number of carbonyl (C=O) groups is 1. The number of nitrogens with one attached hydrogen (secondary N) is 2. The minimum atomic E-state index is 0.240. The molecule has 0 spiro atoms. The van der Waals surface area contributed by atoms with Crippen molar-refractivity contribution < 1.29 is 4.79 Å². The van der Waals surface area contributed by atoms with Crippen LogP contribution in [0.25, 0.3) is 0 Å². The van der Waals surface area contributed by atoms with Crippen molar-refractivity contribution in [2.75, 3.05) is 25.1 Å². The highest BCUT2D eigenvalue weighted by molar-refractivity contribution is 7.99. The highest BCUT2D eigenvalue weighted by Gasteiger charge is 2.22. The molecule has 25 heavy (non-hydrogen) atoms. The Morgan fingerprint density at radius 2 is 2.08 bits per heavy atom. The van der Waals surface area contributed by atoms with E-state index in [1.54, 1.807) is 7.05 Å². The van der Waals surface area contributed by atoms with E-state index in [4.69, 9.17) is 0 Å². The minimum Gasteiger partial charge on any atom is -0.356 e. The number of aliphatic imine (C=N–C) groups is 1. The molecule has 6 heteroatoms. The Morgan fingerprint density at radius 3 is 2.72 bits per heavy atom. The van der Waals surface area contributed by atoms with Crippen LogP contribution < -0.4 is 10.6 Å². The fourth-order valence-electron chi connectivity index (χ4n) is 3.36. The summed E-state index contributed by atoms with van der Waals surface area (Å²) >= 11 is 2.00. The lowest BCUT2D eigenvalue weighted by atomic mass is 10.1. The van der Waals surface area contributed by atoms with E-state index in [9.17, 15) is 4.79 Å². The van der Waals surface area contributed by atoms with Gasteiger partial charge in [-0.3, -0.25) is 9.79 Å². The van der Waals surface area contributed by atoms with Crippen LogP contribution in [0.15, 0.2) is 29.3 Å². The second-order valence-corrected chi connectivity index (χ2v) is 7.83. The summed E-state index contributed by atoms with van der Waals surface area (Å²) in [6, 6.07) is 8.82. The van der Waals surface area contributed by atoms with Gasteiger partial charge in [0.25, 0.3) is 0 Å².